The summed E-state index contributed by atoms with van der Waals surface area (Å²) >= 11 is 1.25. The van der Waals surface area contributed by atoms with Crippen molar-refractivity contribution >= 4 is 35.0 Å². The molecule has 0 saturated carbocycles. The van der Waals surface area contributed by atoms with Crippen molar-refractivity contribution in [2.45, 2.75) is 19.3 Å². The standard InChI is InChI=1S/C18H19FN4O3S/c19-13-5-4-12(14(11-13)26-18(25)22-7-3-8-22)10-15-16(24)21-17(27-15)23-9-2-1-6-20-23/h4-5,10-11,20H,1-3,6-9H2. The number of ether oxygens (including phenoxy) is 1. The smallest absolute Gasteiger partial charge is 0.409 e. The maximum atomic E-state index is 13.7. The zero-order valence-corrected chi connectivity index (χ0v) is 15.4. The van der Waals surface area contributed by atoms with Gasteiger partial charge in [0.25, 0.3) is 5.91 Å². The molecular formula is C18H19FN4O3S. The zero-order chi connectivity index (χ0) is 18.8. The lowest BCUT2D eigenvalue weighted by atomic mass is 10.1. The molecule has 9 heteroatoms. The van der Waals surface area contributed by atoms with E-state index < -0.39 is 11.9 Å². The van der Waals surface area contributed by atoms with Crippen LogP contribution in [0.4, 0.5) is 9.18 Å². The molecule has 1 aromatic carbocycles. The van der Waals surface area contributed by atoms with E-state index >= 15 is 0 Å². The molecule has 0 atom stereocenters. The van der Waals surface area contributed by atoms with Crippen LogP contribution in [0, 0.1) is 5.82 Å². The van der Waals surface area contributed by atoms with Crippen LogP contribution in [0.25, 0.3) is 6.08 Å². The van der Waals surface area contributed by atoms with Crippen LogP contribution in [0.2, 0.25) is 0 Å². The molecule has 0 bridgehead atoms. The fraction of sp³-hybridized carbons (Fsp3) is 0.389. The Morgan fingerprint density at radius 1 is 1.26 bits per heavy atom. The Hall–Kier alpha value is -2.39. The highest BCUT2D eigenvalue weighted by Gasteiger charge is 2.28. The van der Waals surface area contributed by atoms with Crippen LogP contribution in [0.5, 0.6) is 5.75 Å². The first-order valence-electron chi connectivity index (χ1n) is 8.90. The van der Waals surface area contributed by atoms with Gasteiger partial charge in [0, 0.05) is 37.8 Å². The van der Waals surface area contributed by atoms with Crippen LogP contribution < -0.4 is 10.2 Å². The average Bonchev–Trinajstić information content (AvgIpc) is 2.97. The monoisotopic (exact) mass is 390 g/mol. The third-order valence-corrected chi connectivity index (χ3v) is 5.53. The number of amides is 2. The average molecular weight is 390 g/mol. The normalized spacial score (nSPS) is 21.3. The molecule has 0 aliphatic carbocycles. The lowest BCUT2D eigenvalue weighted by molar-refractivity contribution is -0.113. The Bertz CT molecular complexity index is 832. The molecule has 0 unspecified atom stereocenters. The molecule has 4 rings (SSSR count). The van der Waals surface area contributed by atoms with E-state index in [0.717, 1.165) is 38.4 Å². The number of carbonyl (C=O) groups excluding carboxylic acids is 2. The van der Waals surface area contributed by atoms with Crippen molar-refractivity contribution in [1.29, 1.82) is 0 Å². The Morgan fingerprint density at radius 2 is 2.11 bits per heavy atom. The van der Waals surface area contributed by atoms with Crippen LogP contribution in [0.1, 0.15) is 24.8 Å². The van der Waals surface area contributed by atoms with Crippen molar-refractivity contribution in [2.75, 3.05) is 26.2 Å². The van der Waals surface area contributed by atoms with E-state index in [4.69, 9.17) is 4.74 Å². The summed E-state index contributed by atoms with van der Waals surface area (Å²) < 4.78 is 19.0. The number of aliphatic imine (C=N–C) groups is 1. The predicted octanol–water partition coefficient (Wildman–Crippen LogP) is 2.60. The van der Waals surface area contributed by atoms with E-state index in [1.165, 1.54) is 23.9 Å². The van der Waals surface area contributed by atoms with E-state index in [0.29, 0.717) is 28.7 Å². The fourth-order valence-electron chi connectivity index (χ4n) is 2.88. The van der Waals surface area contributed by atoms with Crippen LogP contribution in [-0.4, -0.2) is 53.3 Å². The number of likely N-dealkylation sites (tertiary alicyclic amines) is 1. The number of hydrazine groups is 1. The summed E-state index contributed by atoms with van der Waals surface area (Å²) in [5.74, 6) is -0.771. The SMILES string of the molecule is O=C1N=C(N2CCCCN2)SC1=Cc1ccc(F)cc1OC(=O)N1CCC1. The lowest BCUT2D eigenvalue weighted by Gasteiger charge is -2.29. The minimum atomic E-state index is -0.511. The number of hydrogen-bond donors (Lipinski definition) is 1. The highest BCUT2D eigenvalue weighted by molar-refractivity contribution is 8.18. The van der Waals surface area contributed by atoms with Gasteiger partial charge in [-0.05, 0) is 49.2 Å². The molecule has 2 fully saturated rings. The molecule has 27 heavy (non-hydrogen) atoms. The third kappa shape index (κ3) is 3.98. The Morgan fingerprint density at radius 3 is 2.81 bits per heavy atom. The van der Waals surface area contributed by atoms with Gasteiger partial charge in [-0.2, -0.15) is 4.99 Å². The summed E-state index contributed by atoms with van der Waals surface area (Å²) in [5, 5.41) is 2.48. The number of nitrogens with one attached hydrogen (secondary N) is 1. The molecule has 0 radical (unpaired) electrons. The number of amidine groups is 1. The maximum Gasteiger partial charge on any atom is 0.415 e. The third-order valence-electron chi connectivity index (χ3n) is 4.53. The predicted molar refractivity (Wildman–Crippen MR) is 101 cm³/mol. The number of benzene rings is 1. The minimum Gasteiger partial charge on any atom is -0.409 e. The van der Waals surface area contributed by atoms with Gasteiger partial charge in [0.1, 0.15) is 11.6 Å². The quantitative estimate of drug-likeness (QED) is 0.783. The highest BCUT2D eigenvalue weighted by Crippen LogP contribution is 2.33. The van der Waals surface area contributed by atoms with Crippen molar-refractivity contribution in [3.8, 4) is 5.75 Å². The molecule has 1 N–H and O–H groups in total. The molecule has 3 aliphatic heterocycles. The van der Waals surface area contributed by atoms with Crippen LogP contribution in [-0.2, 0) is 4.79 Å². The van der Waals surface area contributed by atoms with Crippen molar-refractivity contribution in [3.05, 3.63) is 34.5 Å². The molecule has 2 amide bonds. The molecular weight excluding hydrogens is 371 g/mol. The largest absolute Gasteiger partial charge is 0.415 e. The van der Waals surface area contributed by atoms with Crippen LogP contribution >= 0.6 is 11.8 Å². The van der Waals surface area contributed by atoms with Gasteiger partial charge < -0.3 is 9.64 Å². The molecule has 3 heterocycles. The van der Waals surface area contributed by atoms with E-state index in [9.17, 15) is 14.0 Å². The van der Waals surface area contributed by atoms with Gasteiger partial charge in [-0.3, -0.25) is 9.80 Å². The van der Waals surface area contributed by atoms with Crippen molar-refractivity contribution in [3.63, 3.8) is 0 Å². The first kappa shape index (κ1) is 18.0. The maximum absolute atomic E-state index is 13.7. The van der Waals surface area contributed by atoms with E-state index in [-0.39, 0.29) is 11.7 Å². The van der Waals surface area contributed by atoms with Gasteiger partial charge in [0.15, 0.2) is 5.17 Å². The second kappa shape index (κ2) is 7.69. The Kier molecular flexibility index (Phi) is 5.13. The summed E-state index contributed by atoms with van der Waals surface area (Å²) in [4.78, 5) is 30.4. The molecule has 0 spiro atoms. The number of rotatable bonds is 2. The molecule has 2 saturated heterocycles. The highest BCUT2D eigenvalue weighted by atomic mass is 32.2. The van der Waals surface area contributed by atoms with E-state index in [1.807, 2.05) is 5.01 Å². The van der Waals surface area contributed by atoms with Gasteiger partial charge in [-0.25, -0.2) is 14.6 Å². The van der Waals surface area contributed by atoms with Gasteiger partial charge in [0.2, 0.25) is 0 Å². The van der Waals surface area contributed by atoms with Gasteiger partial charge >= 0.3 is 6.09 Å². The first-order chi connectivity index (χ1) is 13.1. The Balaban J connectivity index is 1.53. The van der Waals surface area contributed by atoms with Crippen LogP contribution in [0.15, 0.2) is 28.1 Å². The number of hydrogen-bond acceptors (Lipinski definition) is 6. The fourth-order valence-corrected chi connectivity index (χ4v) is 3.79. The van der Waals surface area contributed by atoms with E-state index in [1.54, 1.807) is 11.0 Å². The molecule has 1 aromatic rings. The van der Waals surface area contributed by atoms with Gasteiger partial charge in [0.05, 0.1) is 4.91 Å². The number of halogens is 1. The summed E-state index contributed by atoms with van der Waals surface area (Å²) in [6.07, 6.45) is 4.14. The second-order valence-corrected chi connectivity index (χ2v) is 7.48. The number of nitrogens with zero attached hydrogens (tertiary/aromatic N) is 3. The van der Waals surface area contributed by atoms with E-state index in [2.05, 4.69) is 10.4 Å². The lowest BCUT2D eigenvalue weighted by Crippen LogP contribution is -2.45. The molecule has 0 aromatic heterocycles. The summed E-state index contributed by atoms with van der Waals surface area (Å²) in [5.41, 5.74) is 3.68. The zero-order valence-electron chi connectivity index (χ0n) is 14.6. The van der Waals surface area contributed by atoms with Crippen molar-refractivity contribution in [2.24, 2.45) is 4.99 Å². The summed E-state index contributed by atoms with van der Waals surface area (Å²) in [6, 6.07) is 3.92. The minimum absolute atomic E-state index is 0.0948. The van der Waals surface area contributed by atoms with Crippen molar-refractivity contribution in [1.82, 2.24) is 15.3 Å². The molecule has 7 nitrogen and oxygen atoms in total. The van der Waals surface area contributed by atoms with Crippen molar-refractivity contribution < 1.29 is 18.7 Å². The topological polar surface area (TPSA) is 74.2 Å². The molecule has 142 valence electrons. The first-order valence-corrected chi connectivity index (χ1v) is 9.72. The number of carbonyl (C=O) groups is 2. The van der Waals surface area contributed by atoms with Crippen LogP contribution in [0.3, 0.4) is 0 Å². The van der Waals surface area contributed by atoms with Gasteiger partial charge in [-0.1, -0.05) is 0 Å². The Labute approximate surface area is 160 Å². The van der Waals surface area contributed by atoms with Gasteiger partial charge in [-0.15, -0.1) is 0 Å². The molecule has 3 aliphatic rings. The summed E-state index contributed by atoms with van der Waals surface area (Å²) in [7, 11) is 0. The summed E-state index contributed by atoms with van der Waals surface area (Å²) in [6.45, 7) is 2.92. The second-order valence-electron chi connectivity index (χ2n) is 6.47. The number of thioether (sulfide) groups is 1.